The first kappa shape index (κ1) is 13.2. The van der Waals surface area contributed by atoms with Crippen LogP contribution in [0.1, 0.15) is 12.8 Å². The number of amidine groups is 1. The van der Waals surface area contributed by atoms with Gasteiger partial charge in [-0.1, -0.05) is 23.4 Å². The molecule has 1 aromatic rings. The van der Waals surface area contributed by atoms with Crippen molar-refractivity contribution >= 4 is 11.7 Å². The first-order valence-corrected chi connectivity index (χ1v) is 6.13. The Balaban J connectivity index is 1.73. The van der Waals surface area contributed by atoms with Crippen LogP contribution in [0.15, 0.2) is 35.5 Å². The summed E-state index contributed by atoms with van der Waals surface area (Å²) < 4.78 is 5.45. The summed E-state index contributed by atoms with van der Waals surface area (Å²) in [6.45, 7) is 0.760. The van der Waals surface area contributed by atoms with Crippen LogP contribution < -0.4 is 15.8 Å². The molecule has 1 fully saturated rings. The number of hydrogen-bond donors (Lipinski definition) is 3. The number of oxime groups is 1. The number of nitrogens with one attached hydrogen (secondary N) is 1. The van der Waals surface area contributed by atoms with Crippen LogP contribution in [0.3, 0.4) is 0 Å². The van der Waals surface area contributed by atoms with Gasteiger partial charge in [-0.2, -0.15) is 0 Å². The van der Waals surface area contributed by atoms with E-state index in [2.05, 4.69) is 10.5 Å². The SMILES string of the molecule is N/C(=N/O)C1(C(=O)NCCOc2ccccc2)CC1. The molecule has 0 radical (unpaired) electrons. The third-order valence-electron chi connectivity index (χ3n) is 3.18. The second-order valence-electron chi connectivity index (χ2n) is 4.48. The minimum atomic E-state index is -0.804. The molecule has 1 saturated carbocycles. The van der Waals surface area contributed by atoms with Crippen LogP contribution in [-0.4, -0.2) is 30.1 Å². The molecule has 1 aromatic carbocycles. The van der Waals surface area contributed by atoms with Crippen molar-refractivity contribution < 1.29 is 14.7 Å². The van der Waals surface area contributed by atoms with Gasteiger partial charge >= 0.3 is 0 Å². The van der Waals surface area contributed by atoms with Gasteiger partial charge in [0.1, 0.15) is 17.8 Å². The Labute approximate surface area is 111 Å². The Morgan fingerprint density at radius 3 is 2.68 bits per heavy atom. The van der Waals surface area contributed by atoms with Crippen molar-refractivity contribution in [3.05, 3.63) is 30.3 Å². The molecule has 1 aliphatic rings. The van der Waals surface area contributed by atoms with Gasteiger partial charge in [-0.05, 0) is 25.0 Å². The summed E-state index contributed by atoms with van der Waals surface area (Å²) in [5, 5.41) is 14.3. The van der Waals surface area contributed by atoms with Crippen molar-refractivity contribution in [1.29, 1.82) is 0 Å². The number of amides is 1. The van der Waals surface area contributed by atoms with Gasteiger partial charge in [0.2, 0.25) is 5.91 Å². The van der Waals surface area contributed by atoms with Gasteiger partial charge in [0.15, 0.2) is 5.84 Å². The molecule has 6 nitrogen and oxygen atoms in total. The normalized spacial score (nSPS) is 16.7. The van der Waals surface area contributed by atoms with E-state index in [1.165, 1.54) is 0 Å². The summed E-state index contributed by atoms with van der Waals surface area (Å²) in [7, 11) is 0. The maximum atomic E-state index is 11.9. The quantitative estimate of drug-likeness (QED) is 0.231. The highest BCUT2D eigenvalue weighted by atomic mass is 16.5. The minimum absolute atomic E-state index is 0.0195. The lowest BCUT2D eigenvalue weighted by molar-refractivity contribution is -0.124. The van der Waals surface area contributed by atoms with E-state index < -0.39 is 5.41 Å². The third-order valence-corrected chi connectivity index (χ3v) is 3.18. The van der Waals surface area contributed by atoms with E-state index in [1.807, 2.05) is 30.3 Å². The number of nitrogens with two attached hydrogens (primary N) is 1. The zero-order valence-electron chi connectivity index (χ0n) is 10.5. The molecule has 2 rings (SSSR count). The highest BCUT2D eigenvalue weighted by molar-refractivity contribution is 6.09. The minimum Gasteiger partial charge on any atom is -0.492 e. The van der Waals surface area contributed by atoms with Crippen LogP contribution in [0.5, 0.6) is 5.75 Å². The molecular formula is C13H17N3O3. The Bertz CT molecular complexity index is 469. The average molecular weight is 263 g/mol. The molecule has 4 N–H and O–H groups in total. The molecule has 19 heavy (non-hydrogen) atoms. The zero-order valence-corrected chi connectivity index (χ0v) is 10.5. The molecule has 1 aliphatic carbocycles. The van der Waals surface area contributed by atoms with Crippen LogP contribution in [-0.2, 0) is 4.79 Å². The fourth-order valence-electron chi connectivity index (χ4n) is 1.84. The summed E-state index contributed by atoms with van der Waals surface area (Å²) in [5.74, 6) is 0.530. The molecule has 6 heteroatoms. The number of para-hydroxylation sites is 1. The van der Waals surface area contributed by atoms with Crippen LogP contribution in [0, 0.1) is 5.41 Å². The molecule has 1 amide bonds. The summed E-state index contributed by atoms with van der Waals surface area (Å²) in [6.07, 6.45) is 1.24. The summed E-state index contributed by atoms with van der Waals surface area (Å²) in [5.41, 5.74) is 4.71. The number of nitrogens with zero attached hydrogens (tertiary/aromatic N) is 1. The monoisotopic (exact) mass is 263 g/mol. The molecular weight excluding hydrogens is 246 g/mol. The van der Waals surface area contributed by atoms with Gasteiger partial charge in [-0.3, -0.25) is 4.79 Å². The fraction of sp³-hybridized carbons (Fsp3) is 0.385. The summed E-state index contributed by atoms with van der Waals surface area (Å²) >= 11 is 0. The van der Waals surface area contributed by atoms with Crippen molar-refractivity contribution in [2.24, 2.45) is 16.3 Å². The molecule has 0 saturated heterocycles. The second kappa shape index (κ2) is 5.60. The molecule has 0 heterocycles. The predicted octanol–water partition coefficient (Wildman–Crippen LogP) is 0.708. The lowest BCUT2D eigenvalue weighted by Gasteiger charge is -2.13. The third kappa shape index (κ3) is 2.96. The van der Waals surface area contributed by atoms with Gasteiger partial charge in [0.05, 0.1) is 6.54 Å². The number of benzene rings is 1. The Hall–Kier alpha value is -2.24. The van der Waals surface area contributed by atoms with Gasteiger partial charge in [-0.25, -0.2) is 0 Å². The topological polar surface area (TPSA) is 96.9 Å². The van der Waals surface area contributed by atoms with E-state index in [0.29, 0.717) is 26.0 Å². The van der Waals surface area contributed by atoms with Gasteiger partial charge in [0.25, 0.3) is 0 Å². The predicted molar refractivity (Wildman–Crippen MR) is 70.0 cm³/mol. The summed E-state index contributed by atoms with van der Waals surface area (Å²) in [4.78, 5) is 11.9. The molecule has 0 spiro atoms. The first-order valence-electron chi connectivity index (χ1n) is 6.13. The summed E-state index contributed by atoms with van der Waals surface area (Å²) in [6, 6.07) is 9.36. The van der Waals surface area contributed by atoms with Crippen molar-refractivity contribution in [3.63, 3.8) is 0 Å². The van der Waals surface area contributed by atoms with E-state index in [0.717, 1.165) is 5.75 Å². The van der Waals surface area contributed by atoms with Crippen LogP contribution in [0.2, 0.25) is 0 Å². The largest absolute Gasteiger partial charge is 0.492 e. The van der Waals surface area contributed by atoms with Gasteiger partial charge < -0.3 is 21.0 Å². The smallest absolute Gasteiger partial charge is 0.234 e. The first-order chi connectivity index (χ1) is 9.19. The van der Waals surface area contributed by atoms with Gasteiger partial charge in [0, 0.05) is 0 Å². The van der Waals surface area contributed by atoms with Crippen molar-refractivity contribution in [1.82, 2.24) is 5.32 Å². The highest BCUT2D eigenvalue weighted by Crippen LogP contribution is 2.45. The van der Waals surface area contributed by atoms with E-state index in [1.54, 1.807) is 0 Å². The molecule has 102 valence electrons. The lowest BCUT2D eigenvalue weighted by Crippen LogP contribution is -2.42. The Morgan fingerprint density at radius 2 is 2.11 bits per heavy atom. The maximum absolute atomic E-state index is 11.9. The maximum Gasteiger partial charge on any atom is 0.234 e. The number of carbonyl (C=O) groups is 1. The number of ether oxygens (including phenoxy) is 1. The van der Waals surface area contributed by atoms with Crippen LogP contribution >= 0.6 is 0 Å². The van der Waals surface area contributed by atoms with Crippen molar-refractivity contribution in [3.8, 4) is 5.75 Å². The standard InChI is InChI=1S/C13H17N3O3/c14-11(16-18)13(6-7-13)12(17)15-8-9-19-10-4-2-1-3-5-10/h1-5,18H,6-9H2,(H2,14,16)(H,15,17). The van der Waals surface area contributed by atoms with Crippen LogP contribution in [0.25, 0.3) is 0 Å². The Kier molecular flexibility index (Phi) is 3.89. The van der Waals surface area contributed by atoms with E-state index in [-0.39, 0.29) is 11.7 Å². The zero-order chi connectivity index (χ0) is 13.7. The fourth-order valence-corrected chi connectivity index (χ4v) is 1.84. The molecule has 0 unspecified atom stereocenters. The molecule has 0 aromatic heterocycles. The molecule has 0 atom stereocenters. The van der Waals surface area contributed by atoms with Crippen molar-refractivity contribution in [2.75, 3.05) is 13.2 Å². The van der Waals surface area contributed by atoms with Gasteiger partial charge in [-0.15, -0.1) is 0 Å². The molecule has 0 bridgehead atoms. The number of carbonyl (C=O) groups excluding carboxylic acids is 1. The van der Waals surface area contributed by atoms with Crippen LogP contribution in [0.4, 0.5) is 0 Å². The highest BCUT2D eigenvalue weighted by Gasteiger charge is 2.54. The van der Waals surface area contributed by atoms with E-state index in [4.69, 9.17) is 15.7 Å². The van der Waals surface area contributed by atoms with E-state index in [9.17, 15) is 4.79 Å². The average Bonchev–Trinajstić information content (AvgIpc) is 3.25. The number of rotatable bonds is 6. The lowest BCUT2D eigenvalue weighted by atomic mass is 10.1. The van der Waals surface area contributed by atoms with Crippen molar-refractivity contribution in [2.45, 2.75) is 12.8 Å². The molecule has 0 aliphatic heterocycles. The second-order valence-corrected chi connectivity index (χ2v) is 4.48. The Morgan fingerprint density at radius 1 is 1.42 bits per heavy atom. The van der Waals surface area contributed by atoms with E-state index >= 15 is 0 Å². The number of hydrogen-bond acceptors (Lipinski definition) is 4.